The van der Waals surface area contributed by atoms with Gasteiger partial charge in [-0.2, -0.15) is 0 Å². The number of nitrogens with one attached hydrogen (secondary N) is 1. The molecule has 1 atom stereocenters. The van der Waals surface area contributed by atoms with E-state index >= 15 is 0 Å². The largest absolute Gasteiger partial charge is 0.356 e. The first-order valence-corrected chi connectivity index (χ1v) is 10.9. The molecule has 1 aliphatic carbocycles. The van der Waals surface area contributed by atoms with E-state index in [1.807, 2.05) is 24.4 Å². The molecule has 1 saturated carbocycles. The number of amides is 2. The van der Waals surface area contributed by atoms with Gasteiger partial charge in [0.25, 0.3) is 0 Å². The number of likely N-dealkylation sites (tertiary alicyclic amines) is 1. The zero-order valence-electron chi connectivity index (χ0n) is 16.7. The Morgan fingerprint density at radius 2 is 1.89 bits per heavy atom. The average Bonchev–Trinajstić information content (AvgIpc) is 3.57. The lowest BCUT2D eigenvalue weighted by molar-refractivity contribution is -0.137. The zero-order valence-corrected chi connectivity index (χ0v) is 16.7. The summed E-state index contributed by atoms with van der Waals surface area (Å²) in [5, 5.41) is 3.07. The Hall–Kier alpha value is -2.11. The van der Waals surface area contributed by atoms with E-state index in [0.717, 1.165) is 76.9 Å². The lowest BCUT2D eigenvalue weighted by atomic mass is 9.90. The molecule has 1 aromatic rings. The standard InChI is InChI=1S/C22H32N4O2/c27-21(24-19-7-8-19)9-6-17-10-14-25(15-11-17)22(28)18-4-3-13-26(16-18)20-5-1-2-12-23-20/h1-2,5,12,17-19H,3-4,6-11,13-16H2,(H,24,27)/t18-/m0/s1. The van der Waals surface area contributed by atoms with Gasteiger partial charge in [0.05, 0.1) is 5.92 Å². The predicted molar refractivity (Wildman–Crippen MR) is 109 cm³/mol. The highest BCUT2D eigenvalue weighted by molar-refractivity contribution is 5.80. The minimum atomic E-state index is 0.0802. The zero-order chi connectivity index (χ0) is 19.3. The number of nitrogens with zero attached hydrogens (tertiary/aromatic N) is 3. The highest BCUT2D eigenvalue weighted by atomic mass is 16.2. The summed E-state index contributed by atoms with van der Waals surface area (Å²) in [7, 11) is 0. The lowest BCUT2D eigenvalue weighted by Gasteiger charge is -2.38. The number of anilines is 1. The van der Waals surface area contributed by atoms with E-state index in [0.29, 0.717) is 24.3 Å². The number of rotatable bonds is 6. The van der Waals surface area contributed by atoms with Crippen LogP contribution in [0.5, 0.6) is 0 Å². The van der Waals surface area contributed by atoms with Crippen LogP contribution in [0.25, 0.3) is 0 Å². The lowest BCUT2D eigenvalue weighted by Crippen LogP contribution is -2.47. The number of hydrogen-bond acceptors (Lipinski definition) is 4. The second-order valence-electron chi connectivity index (χ2n) is 8.62. The van der Waals surface area contributed by atoms with Gasteiger partial charge in [0.1, 0.15) is 5.82 Å². The van der Waals surface area contributed by atoms with Crippen molar-refractivity contribution in [2.24, 2.45) is 11.8 Å². The van der Waals surface area contributed by atoms with Crippen molar-refractivity contribution >= 4 is 17.6 Å². The third kappa shape index (κ3) is 5.03. The Kier molecular flexibility index (Phi) is 6.13. The maximum absolute atomic E-state index is 13.0. The van der Waals surface area contributed by atoms with Crippen LogP contribution >= 0.6 is 0 Å². The van der Waals surface area contributed by atoms with Crippen LogP contribution in [0.15, 0.2) is 24.4 Å². The smallest absolute Gasteiger partial charge is 0.227 e. The van der Waals surface area contributed by atoms with Crippen LogP contribution in [0.2, 0.25) is 0 Å². The van der Waals surface area contributed by atoms with Crippen LogP contribution in [-0.4, -0.2) is 53.9 Å². The van der Waals surface area contributed by atoms with Crippen molar-refractivity contribution in [3.63, 3.8) is 0 Å². The normalized spacial score (nSPS) is 23.5. The van der Waals surface area contributed by atoms with E-state index in [4.69, 9.17) is 0 Å². The van der Waals surface area contributed by atoms with Crippen LogP contribution in [0.1, 0.15) is 51.4 Å². The summed E-state index contributed by atoms with van der Waals surface area (Å²) in [6.45, 7) is 3.44. The van der Waals surface area contributed by atoms with E-state index < -0.39 is 0 Å². The minimum Gasteiger partial charge on any atom is -0.356 e. The third-order valence-corrected chi connectivity index (χ3v) is 6.39. The Bertz CT molecular complexity index is 668. The number of aromatic nitrogens is 1. The second-order valence-corrected chi connectivity index (χ2v) is 8.62. The van der Waals surface area contributed by atoms with Crippen LogP contribution in [0, 0.1) is 11.8 Å². The van der Waals surface area contributed by atoms with E-state index in [9.17, 15) is 9.59 Å². The number of pyridine rings is 1. The Labute approximate surface area is 167 Å². The number of piperidine rings is 2. The number of carbonyl (C=O) groups excluding carboxylic acids is 2. The third-order valence-electron chi connectivity index (χ3n) is 6.39. The molecule has 2 aliphatic heterocycles. The van der Waals surface area contributed by atoms with E-state index in [-0.39, 0.29) is 11.8 Å². The minimum absolute atomic E-state index is 0.0802. The molecule has 0 unspecified atom stereocenters. The van der Waals surface area contributed by atoms with Crippen molar-refractivity contribution in [3.8, 4) is 0 Å². The molecular weight excluding hydrogens is 352 g/mol. The van der Waals surface area contributed by atoms with E-state index in [1.165, 1.54) is 0 Å². The van der Waals surface area contributed by atoms with E-state index in [1.54, 1.807) is 0 Å². The van der Waals surface area contributed by atoms with Gasteiger partial charge >= 0.3 is 0 Å². The molecule has 6 nitrogen and oxygen atoms in total. The maximum Gasteiger partial charge on any atom is 0.227 e. The van der Waals surface area contributed by atoms with E-state index in [2.05, 4.69) is 20.1 Å². The second kappa shape index (κ2) is 8.93. The molecule has 0 radical (unpaired) electrons. The van der Waals surface area contributed by atoms with Gasteiger partial charge in [0, 0.05) is 44.8 Å². The predicted octanol–water partition coefficient (Wildman–Crippen LogP) is 2.60. The highest BCUT2D eigenvalue weighted by Crippen LogP contribution is 2.27. The van der Waals surface area contributed by atoms with Crippen LogP contribution in [0.3, 0.4) is 0 Å². The van der Waals surface area contributed by atoms with Gasteiger partial charge in [-0.15, -0.1) is 0 Å². The molecule has 3 fully saturated rings. The first kappa shape index (κ1) is 19.2. The van der Waals surface area contributed by atoms with Crippen molar-refractivity contribution in [1.29, 1.82) is 0 Å². The van der Waals surface area contributed by atoms with Crippen molar-refractivity contribution < 1.29 is 9.59 Å². The quantitative estimate of drug-likeness (QED) is 0.819. The summed E-state index contributed by atoms with van der Waals surface area (Å²) in [6, 6.07) is 6.41. The fraction of sp³-hybridized carbons (Fsp3) is 0.682. The molecule has 3 aliphatic rings. The molecule has 2 saturated heterocycles. The topological polar surface area (TPSA) is 65.5 Å². The van der Waals surface area contributed by atoms with Crippen molar-refractivity contribution in [1.82, 2.24) is 15.2 Å². The molecule has 6 heteroatoms. The summed E-state index contributed by atoms with van der Waals surface area (Å²) < 4.78 is 0. The van der Waals surface area contributed by atoms with Gasteiger partial charge in [0.15, 0.2) is 0 Å². The van der Waals surface area contributed by atoms with Crippen LogP contribution in [-0.2, 0) is 9.59 Å². The molecule has 0 spiro atoms. The molecule has 28 heavy (non-hydrogen) atoms. The van der Waals surface area contributed by atoms with Gasteiger partial charge in [0.2, 0.25) is 11.8 Å². The molecule has 1 aromatic heterocycles. The van der Waals surface area contributed by atoms with Gasteiger partial charge in [-0.25, -0.2) is 4.98 Å². The molecule has 2 amide bonds. The van der Waals surface area contributed by atoms with Crippen molar-refractivity contribution in [3.05, 3.63) is 24.4 Å². The summed E-state index contributed by atoms with van der Waals surface area (Å²) in [5.41, 5.74) is 0. The number of carbonyl (C=O) groups is 2. The molecular formula is C22H32N4O2. The summed E-state index contributed by atoms with van der Waals surface area (Å²) in [5.74, 6) is 2.15. The Balaban J connectivity index is 1.21. The molecule has 0 bridgehead atoms. The Morgan fingerprint density at radius 3 is 2.61 bits per heavy atom. The van der Waals surface area contributed by atoms with Gasteiger partial charge in [-0.3, -0.25) is 9.59 Å². The molecule has 0 aromatic carbocycles. The van der Waals surface area contributed by atoms with Gasteiger partial charge in [-0.1, -0.05) is 6.07 Å². The average molecular weight is 385 g/mol. The molecule has 4 rings (SSSR count). The first-order chi connectivity index (χ1) is 13.7. The van der Waals surface area contributed by atoms with Crippen molar-refractivity contribution in [2.75, 3.05) is 31.1 Å². The highest BCUT2D eigenvalue weighted by Gasteiger charge is 2.32. The number of hydrogen-bond donors (Lipinski definition) is 1. The van der Waals surface area contributed by atoms with Gasteiger partial charge in [-0.05, 0) is 63.0 Å². The fourth-order valence-corrected chi connectivity index (χ4v) is 4.49. The molecule has 1 N–H and O–H groups in total. The Morgan fingerprint density at radius 1 is 1.07 bits per heavy atom. The SMILES string of the molecule is O=C(CCC1CCN(C(=O)[C@H]2CCCN(c3ccccn3)C2)CC1)NC1CC1. The maximum atomic E-state index is 13.0. The first-order valence-electron chi connectivity index (χ1n) is 10.9. The van der Waals surface area contributed by atoms with Crippen LogP contribution < -0.4 is 10.2 Å². The summed E-state index contributed by atoms with van der Waals surface area (Å²) in [6.07, 6.45) is 9.77. The molecule has 3 heterocycles. The molecule has 152 valence electrons. The monoisotopic (exact) mass is 384 g/mol. The summed E-state index contributed by atoms with van der Waals surface area (Å²) >= 11 is 0. The van der Waals surface area contributed by atoms with Crippen LogP contribution in [0.4, 0.5) is 5.82 Å². The fourth-order valence-electron chi connectivity index (χ4n) is 4.49. The van der Waals surface area contributed by atoms with Crippen molar-refractivity contribution in [2.45, 2.75) is 57.4 Å². The van der Waals surface area contributed by atoms with Gasteiger partial charge < -0.3 is 15.1 Å². The summed E-state index contributed by atoms with van der Waals surface area (Å²) in [4.78, 5) is 33.7.